The quantitative estimate of drug-likeness (QED) is 0.371. The number of ketones is 2. The zero-order chi connectivity index (χ0) is 28.1. The zero-order valence-electron chi connectivity index (χ0n) is 24.8. The maximum absolute atomic E-state index is 14.5. The molecule has 4 fully saturated rings. The van der Waals surface area contributed by atoms with Crippen molar-refractivity contribution < 1.29 is 19.1 Å². The van der Waals surface area contributed by atoms with Crippen LogP contribution in [0.25, 0.3) is 0 Å². The lowest BCUT2D eigenvalue weighted by atomic mass is 9.31. The van der Waals surface area contributed by atoms with E-state index in [1.807, 2.05) is 19.9 Å². The van der Waals surface area contributed by atoms with Crippen molar-refractivity contribution in [3.63, 3.8) is 0 Å². The van der Waals surface area contributed by atoms with Crippen LogP contribution in [0.4, 0.5) is 0 Å². The monoisotopic (exact) mass is 521 g/mol. The predicted octanol–water partition coefficient (Wildman–Crippen LogP) is 6.85. The van der Waals surface area contributed by atoms with Crippen LogP contribution in [0, 0.1) is 67.5 Å². The minimum absolute atomic E-state index is 0.0491. The second-order valence-corrected chi connectivity index (χ2v) is 15.8. The molecule has 4 saturated carbocycles. The van der Waals surface area contributed by atoms with E-state index in [9.17, 15) is 19.6 Å². The molecule has 0 aromatic heterocycles. The smallest absolute Gasteiger partial charge is 0.306 e. The molecule has 0 N–H and O–H groups in total. The van der Waals surface area contributed by atoms with Crippen LogP contribution in [0.1, 0.15) is 106 Å². The van der Waals surface area contributed by atoms with E-state index in [2.05, 4.69) is 40.7 Å². The van der Waals surface area contributed by atoms with Gasteiger partial charge in [0.25, 0.3) is 0 Å². The summed E-state index contributed by atoms with van der Waals surface area (Å²) in [6.07, 6.45) is 9.70. The number of fused-ring (bicyclic) bond motifs is 7. The van der Waals surface area contributed by atoms with Crippen molar-refractivity contribution in [2.75, 3.05) is 7.11 Å². The van der Waals surface area contributed by atoms with Crippen LogP contribution < -0.4 is 0 Å². The molecule has 8 atom stereocenters. The van der Waals surface area contributed by atoms with E-state index >= 15 is 0 Å². The summed E-state index contributed by atoms with van der Waals surface area (Å²) < 4.78 is 5.18. The Balaban J connectivity index is 1.62. The molecule has 0 aliphatic heterocycles. The third-order valence-corrected chi connectivity index (χ3v) is 13.4. The first kappa shape index (κ1) is 27.6. The van der Waals surface area contributed by atoms with Gasteiger partial charge in [0.2, 0.25) is 0 Å². The van der Waals surface area contributed by atoms with Crippen molar-refractivity contribution in [2.24, 2.45) is 56.2 Å². The molecular weight excluding hydrogens is 474 g/mol. The third-order valence-electron chi connectivity index (χ3n) is 13.4. The Kier molecular flexibility index (Phi) is 6.01. The maximum Gasteiger partial charge on any atom is 0.306 e. The second kappa shape index (κ2) is 8.28. The number of Topliss-reactive ketones (excluding diaryl/α,β-unsaturated/α-hetero) is 2. The fourth-order valence-corrected chi connectivity index (χ4v) is 11.1. The highest BCUT2D eigenvalue weighted by Crippen LogP contribution is 2.76. The van der Waals surface area contributed by atoms with Gasteiger partial charge in [-0.15, -0.1) is 0 Å². The Morgan fingerprint density at radius 3 is 2.26 bits per heavy atom. The lowest BCUT2D eigenvalue weighted by molar-refractivity contribution is -0.224. The van der Waals surface area contributed by atoms with Gasteiger partial charge in [0, 0.05) is 17.8 Å². The molecule has 0 heterocycles. The van der Waals surface area contributed by atoms with Crippen LogP contribution in [0.15, 0.2) is 11.6 Å². The first-order chi connectivity index (χ1) is 17.5. The molecule has 5 rings (SSSR count). The van der Waals surface area contributed by atoms with Gasteiger partial charge in [-0.2, -0.15) is 5.26 Å². The van der Waals surface area contributed by atoms with E-state index in [1.54, 1.807) is 0 Å². The summed E-state index contributed by atoms with van der Waals surface area (Å²) in [4.78, 5) is 40.4. The Bertz CT molecular complexity index is 1160. The number of ether oxygens (including phenoxy) is 1. The van der Waals surface area contributed by atoms with Gasteiger partial charge in [0.15, 0.2) is 5.78 Å². The van der Waals surface area contributed by atoms with Crippen LogP contribution in [-0.4, -0.2) is 24.6 Å². The number of methoxy groups -OCH3 is 1. The average Bonchev–Trinajstić information content (AvgIpc) is 2.83. The summed E-state index contributed by atoms with van der Waals surface area (Å²) in [6, 6.07) is 2.21. The summed E-state index contributed by atoms with van der Waals surface area (Å²) in [7, 11) is 1.48. The number of carbonyl (C=O) groups excluding carboxylic acids is 3. The van der Waals surface area contributed by atoms with E-state index in [0.29, 0.717) is 18.6 Å². The van der Waals surface area contributed by atoms with Gasteiger partial charge >= 0.3 is 5.97 Å². The summed E-state index contributed by atoms with van der Waals surface area (Å²) in [5.74, 6) is 0.447. The van der Waals surface area contributed by atoms with Crippen LogP contribution in [-0.2, 0) is 19.1 Å². The Morgan fingerprint density at radius 2 is 1.63 bits per heavy atom. The first-order valence-electron chi connectivity index (χ1n) is 14.8. The maximum atomic E-state index is 14.5. The van der Waals surface area contributed by atoms with Gasteiger partial charge in [-0.25, -0.2) is 0 Å². The predicted molar refractivity (Wildman–Crippen MR) is 146 cm³/mol. The van der Waals surface area contributed by atoms with Crippen molar-refractivity contribution in [3.05, 3.63) is 11.6 Å². The minimum atomic E-state index is -0.619. The van der Waals surface area contributed by atoms with E-state index in [-0.39, 0.29) is 68.1 Å². The number of hydrogen-bond donors (Lipinski definition) is 0. The summed E-state index contributed by atoms with van der Waals surface area (Å²) in [6.45, 7) is 15.7. The molecule has 208 valence electrons. The van der Waals surface area contributed by atoms with Gasteiger partial charge in [-0.05, 0) is 89.8 Å². The van der Waals surface area contributed by atoms with E-state index in [1.165, 1.54) is 7.11 Å². The Labute approximate surface area is 229 Å². The Hall–Kier alpha value is -1.96. The molecule has 5 nitrogen and oxygen atoms in total. The number of allylic oxidation sites excluding steroid dienone is 2. The van der Waals surface area contributed by atoms with Gasteiger partial charge in [0.1, 0.15) is 11.9 Å². The molecule has 0 aromatic carbocycles. The Morgan fingerprint density at radius 1 is 0.974 bits per heavy atom. The van der Waals surface area contributed by atoms with Gasteiger partial charge in [-0.1, -0.05) is 54.5 Å². The molecule has 0 spiro atoms. The molecule has 5 aliphatic rings. The van der Waals surface area contributed by atoms with Crippen LogP contribution >= 0.6 is 0 Å². The van der Waals surface area contributed by atoms with Gasteiger partial charge < -0.3 is 4.74 Å². The number of hydrogen-bond acceptors (Lipinski definition) is 5. The van der Waals surface area contributed by atoms with Crippen LogP contribution in [0.5, 0.6) is 0 Å². The molecule has 0 bridgehead atoms. The lowest BCUT2D eigenvalue weighted by Gasteiger charge is -2.72. The average molecular weight is 522 g/mol. The highest BCUT2D eigenvalue weighted by molar-refractivity contribution is 6.04. The summed E-state index contributed by atoms with van der Waals surface area (Å²) in [5.41, 5.74) is -1.04. The zero-order valence-corrected chi connectivity index (χ0v) is 24.8. The molecule has 2 unspecified atom stereocenters. The molecule has 38 heavy (non-hydrogen) atoms. The normalized spacial score (nSPS) is 46.9. The third kappa shape index (κ3) is 3.43. The largest absolute Gasteiger partial charge is 0.469 e. The fourth-order valence-electron chi connectivity index (χ4n) is 11.1. The lowest BCUT2D eigenvalue weighted by Crippen LogP contribution is -2.68. The number of esters is 1. The van der Waals surface area contributed by atoms with Crippen molar-refractivity contribution in [1.82, 2.24) is 0 Å². The molecular formula is C33H47NO4. The minimum Gasteiger partial charge on any atom is -0.469 e. The summed E-state index contributed by atoms with van der Waals surface area (Å²) in [5, 5.41) is 9.90. The molecule has 5 heteroatoms. The van der Waals surface area contributed by atoms with E-state index in [0.717, 1.165) is 44.9 Å². The number of rotatable bonds is 2. The molecule has 0 aromatic rings. The van der Waals surface area contributed by atoms with E-state index < -0.39 is 5.41 Å². The molecule has 5 aliphatic carbocycles. The molecule has 0 saturated heterocycles. The topological polar surface area (TPSA) is 84.2 Å². The van der Waals surface area contributed by atoms with Crippen molar-refractivity contribution >= 4 is 17.5 Å². The molecule has 0 amide bonds. The SMILES string of the molecule is COC(=O)C[C@]12CCC(C)(C)CC1C1C(=O)C[C@@H]3[C@@]4(C)C=C(C#N)C(=O)C(C)(C)[C@@H]4CC[C@@]3(C)[C@]1(C)CC2. The molecule has 0 radical (unpaired) electrons. The van der Waals surface area contributed by atoms with Crippen molar-refractivity contribution in [3.8, 4) is 6.07 Å². The van der Waals surface area contributed by atoms with Crippen LogP contribution in [0.3, 0.4) is 0 Å². The van der Waals surface area contributed by atoms with Crippen molar-refractivity contribution in [1.29, 1.82) is 5.26 Å². The first-order valence-corrected chi connectivity index (χ1v) is 14.8. The van der Waals surface area contributed by atoms with E-state index in [4.69, 9.17) is 4.74 Å². The summed E-state index contributed by atoms with van der Waals surface area (Å²) >= 11 is 0. The number of nitriles is 1. The van der Waals surface area contributed by atoms with Gasteiger partial charge in [-0.3, -0.25) is 14.4 Å². The van der Waals surface area contributed by atoms with Crippen molar-refractivity contribution in [2.45, 2.75) is 106 Å². The second-order valence-electron chi connectivity index (χ2n) is 15.8. The standard InChI is InChI=1S/C33H47NO4/c1-28(2)11-13-33(18-25(36)38-8)14-12-32(7)26(21(33)17-28)22(35)15-24-30(5)16-20(19-34)27(37)29(3,4)23(30)9-10-31(24,32)6/h16,21,23-24,26H,9-15,17-18H2,1-8H3/t21?,23-,24+,26?,30-,31+,32+,33+/m0/s1. The highest BCUT2D eigenvalue weighted by atomic mass is 16.5. The van der Waals surface area contributed by atoms with Gasteiger partial charge in [0.05, 0.1) is 19.1 Å². The number of nitrogens with zero attached hydrogens (tertiary/aromatic N) is 1. The highest BCUT2D eigenvalue weighted by Gasteiger charge is 2.72. The van der Waals surface area contributed by atoms with Crippen LogP contribution in [0.2, 0.25) is 0 Å². The number of carbonyl (C=O) groups is 3. The fraction of sp³-hybridized carbons (Fsp3) is 0.818.